The van der Waals surface area contributed by atoms with E-state index in [1.165, 1.54) is 0 Å². The van der Waals surface area contributed by atoms with E-state index in [0.717, 1.165) is 29.9 Å². The second-order valence-electron chi connectivity index (χ2n) is 6.76. The minimum absolute atomic E-state index is 0.0706. The standard InChI is InChI=1S/C16H29N3O2/c1-11-14(12(2)21-19-11)10-18-15(20)7-6-13(8-9-17)16(3,4)5/h13H,6-10,17H2,1-5H3,(H,18,20). The van der Waals surface area contributed by atoms with Crippen molar-refractivity contribution in [2.45, 2.75) is 60.4 Å². The molecule has 0 bridgehead atoms. The van der Waals surface area contributed by atoms with Gasteiger partial charge < -0.3 is 15.6 Å². The average Bonchev–Trinajstić information content (AvgIpc) is 2.70. The summed E-state index contributed by atoms with van der Waals surface area (Å²) < 4.78 is 5.09. The molecule has 1 unspecified atom stereocenters. The van der Waals surface area contributed by atoms with Gasteiger partial charge in [-0.1, -0.05) is 25.9 Å². The van der Waals surface area contributed by atoms with Crippen LogP contribution in [0.15, 0.2) is 4.52 Å². The number of amides is 1. The number of hydrogen-bond acceptors (Lipinski definition) is 4. The summed E-state index contributed by atoms with van der Waals surface area (Å²) in [6.45, 7) is 11.5. The van der Waals surface area contributed by atoms with E-state index < -0.39 is 0 Å². The SMILES string of the molecule is Cc1noc(C)c1CNC(=O)CCC(CCN)C(C)(C)C. The van der Waals surface area contributed by atoms with E-state index in [1.807, 2.05) is 13.8 Å². The van der Waals surface area contributed by atoms with Gasteiger partial charge in [-0.15, -0.1) is 0 Å². The third-order valence-electron chi connectivity index (χ3n) is 4.10. The monoisotopic (exact) mass is 295 g/mol. The lowest BCUT2D eigenvalue weighted by atomic mass is 9.76. The predicted octanol–water partition coefficient (Wildman–Crippen LogP) is 2.70. The fraction of sp³-hybridized carbons (Fsp3) is 0.750. The third kappa shape index (κ3) is 5.50. The van der Waals surface area contributed by atoms with Crippen molar-refractivity contribution in [3.05, 3.63) is 17.0 Å². The minimum atomic E-state index is 0.0706. The van der Waals surface area contributed by atoms with Gasteiger partial charge in [0.15, 0.2) is 0 Å². The van der Waals surface area contributed by atoms with Crippen LogP contribution in [0.4, 0.5) is 0 Å². The molecular weight excluding hydrogens is 266 g/mol. The van der Waals surface area contributed by atoms with Crippen LogP contribution in [0, 0.1) is 25.2 Å². The van der Waals surface area contributed by atoms with Crippen molar-refractivity contribution in [3.8, 4) is 0 Å². The second kappa shape index (κ2) is 7.59. The topological polar surface area (TPSA) is 81.2 Å². The van der Waals surface area contributed by atoms with Gasteiger partial charge in [-0.25, -0.2) is 0 Å². The first-order chi connectivity index (χ1) is 9.75. The van der Waals surface area contributed by atoms with Gasteiger partial charge >= 0.3 is 0 Å². The average molecular weight is 295 g/mol. The van der Waals surface area contributed by atoms with E-state index >= 15 is 0 Å². The molecule has 1 aromatic rings. The summed E-state index contributed by atoms with van der Waals surface area (Å²) in [5.74, 6) is 1.30. The first-order valence-corrected chi connectivity index (χ1v) is 7.64. The van der Waals surface area contributed by atoms with Crippen molar-refractivity contribution in [1.82, 2.24) is 10.5 Å². The summed E-state index contributed by atoms with van der Waals surface area (Å²) in [6, 6.07) is 0. The Balaban J connectivity index is 2.43. The van der Waals surface area contributed by atoms with Crippen LogP contribution in [0.3, 0.4) is 0 Å². The third-order valence-corrected chi connectivity index (χ3v) is 4.10. The Morgan fingerprint density at radius 2 is 2.00 bits per heavy atom. The lowest BCUT2D eigenvalue weighted by molar-refractivity contribution is -0.121. The summed E-state index contributed by atoms with van der Waals surface area (Å²) >= 11 is 0. The molecule has 1 aromatic heterocycles. The van der Waals surface area contributed by atoms with Crippen molar-refractivity contribution >= 4 is 5.91 Å². The Morgan fingerprint density at radius 3 is 2.48 bits per heavy atom. The maximum atomic E-state index is 12.0. The zero-order valence-corrected chi connectivity index (χ0v) is 14.0. The number of carbonyl (C=O) groups excluding carboxylic acids is 1. The Morgan fingerprint density at radius 1 is 1.33 bits per heavy atom. The largest absolute Gasteiger partial charge is 0.361 e. The van der Waals surface area contributed by atoms with Gasteiger partial charge in [0.2, 0.25) is 5.91 Å². The van der Waals surface area contributed by atoms with Crippen LogP contribution in [0.5, 0.6) is 0 Å². The Hall–Kier alpha value is -1.36. The molecule has 0 saturated carbocycles. The summed E-state index contributed by atoms with van der Waals surface area (Å²) in [7, 11) is 0. The Labute approximate surface area is 127 Å². The van der Waals surface area contributed by atoms with Crippen LogP contribution in [-0.4, -0.2) is 17.6 Å². The molecule has 3 N–H and O–H groups in total. The van der Waals surface area contributed by atoms with Crippen LogP contribution in [0.2, 0.25) is 0 Å². The number of nitrogens with one attached hydrogen (secondary N) is 1. The van der Waals surface area contributed by atoms with Crippen LogP contribution in [0.1, 0.15) is 57.1 Å². The molecule has 0 saturated heterocycles. The van der Waals surface area contributed by atoms with Gasteiger partial charge in [-0.05, 0) is 44.6 Å². The molecule has 0 spiro atoms. The van der Waals surface area contributed by atoms with Gasteiger partial charge in [-0.2, -0.15) is 0 Å². The molecular formula is C16H29N3O2. The number of carbonyl (C=O) groups is 1. The highest BCUT2D eigenvalue weighted by Gasteiger charge is 2.24. The lowest BCUT2D eigenvalue weighted by Gasteiger charge is -2.30. The molecule has 0 aromatic carbocycles. The summed E-state index contributed by atoms with van der Waals surface area (Å²) in [4.78, 5) is 12.0. The number of hydrogen-bond donors (Lipinski definition) is 2. The van der Waals surface area contributed by atoms with Crippen molar-refractivity contribution in [1.29, 1.82) is 0 Å². The van der Waals surface area contributed by atoms with Crippen molar-refractivity contribution in [2.24, 2.45) is 17.1 Å². The number of rotatable bonds is 7. The van der Waals surface area contributed by atoms with E-state index in [9.17, 15) is 4.79 Å². The van der Waals surface area contributed by atoms with E-state index in [2.05, 4.69) is 31.2 Å². The highest BCUT2D eigenvalue weighted by molar-refractivity contribution is 5.75. The normalized spacial score (nSPS) is 13.2. The molecule has 0 aliphatic rings. The molecule has 0 aliphatic heterocycles. The van der Waals surface area contributed by atoms with E-state index in [-0.39, 0.29) is 11.3 Å². The van der Waals surface area contributed by atoms with Crippen LogP contribution in [-0.2, 0) is 11.3 Å². The first kappa shape index (κ1) is 17.7. The van der Waals surface area contributed by atoms with E-state index in [4.69, 9.17) is 10.3 Å². The van der Waals surface area contributed by atoms with Gasteiger partial charge in [-0.3, -0.25) is 4.79 Å². The van der Waals surface area contributed by atoms with Crippen molar-refractivity contribution in [2.75, 3.05) is 6.54 Å². The molecule has 5 nitrogen and oxygen atoms in total. The molecule has 1 heterocycles. The Bertz CT molecular complexity index is 441. The molecule has 0 fully saturated rings. The highest BCUT2D eigenvalue weighted by atomic mass is 16.5. The van der Waals surface area contributed by atoms with Gasteiger partial charge in [0, 0.05) is 18.5 Å². The molecule has 120 valence electrons. The molecule has 21 heavy (non-hydrogen) atoms. The van der Waals surface area contributed by atoms with E-state index in [0.29, 0.717) is 25.4 Å². The molecule has 0 radical (unpaired) electrons. The quantitative estimate of drug-likeness (QED) is 0.810. The van der Waals surface area contributed by atoms with Crippen molar-refractivity contribution in [3.63, 3.8) is 0 Å². The van der Waals surface area contributed by atoms with Gasteiger partial charge in [0.25, 0.3) is 0 Å². The first-order valence-electron chi connectivity index (χ1n) is 7.64. The summed E-state index contributed by atoms with van der Waals surface area (Å²) in [5.41, 5.74) is 7.66. The molecule has 1 amide bonds. The van der Waals surface area contributed by atoms with Gasteiger partial charge in [0.05, 0.1) is 5.69 Å². The molecule has 5 heteroatoms. The zero-order chi connectivity index (χ0) is 16.0. The number of aromatic nitrogens is 1. The lowest BCUT2D eigenvalue weighted by Crippen LogP contribution is -2.27. The molecule has 0 aliphatic carbocycles. The van der Waals surface area contributed by atoms with Gasteiger partial charge in [0.1, 0.15) is 5.76 Å². The second-order valence-corrected chi connectivity index (χ2v) is 6.76. The number of aryl methyl sites for hydroxylation is 2. The van der Waals surface area contributed by atoms with Crippen LogP contribution in [0.25, 0.3) is 0 Å². The Kier molecular flexibility index (Phi) is 6.40. The van der Waals surface area contributed by atoms with Crippen molar-refractivity contribution < 1.29 is 9.32 Å². The maximum absolute atomic E-state index is 12.0. The number of nitrogens with two attached hydrogens (primary N) is 1. The predicted molar refractivity (Wildman–Crippen MR) is 83.7 cm³/mol. The molecule has 1 atom stereocenters. The minimum Gasteiger partial charge on any atom is -0.361 e. The van der Waals surface area contributed by atoms with Crippen LogP contribution < -0.4 is 11.1 Å². The fourth-order valence-corrected chi connectivity index (χ4v) is 2.55. The maximum Gasteiger partial charge on any atom is 0.220 e. The summed E-state index contributed by atoms with van der Waals surface area (Å²) in [5, 5.41) is 6.83. The highest BCUT2D eigenvalue weighted by Crippen LogP contribution is 2.32. The smallest absolute Gasteiger partial charge is 0.220 e. The van der Waals surface area contributed by atoms with Crippen LogP contribution >= 0.6 is 0 Å². The molecule has 1 rings (SSSR count). The zero-order valence-electron chi connectivity index (χ0n) is 14.0. The summed E-state index contributed by atoms with van der Waals surface area (Å²) in [6.07, 6.45) is 2.36. The number of nitrogens with zero attached hydrogens (tertiary/aromatic N) is 1. The van der Waals surface area contributed by atoms with E-state index in [1.54, 1.807) is 0 Å². The fourth-order valence-electron chi connectivity index (χ4n) is 2.55.